The van der Waals surface area contributed by atoms with E-state index < -0.39 is 0 Å². The van der Waals surface area contributed by atoms with Crippen molar-refractivity contribution in [2.24, 2.45) is 0 Å². The number of hydrogen-bond donors (Lipinski definition) is 0. The summed E-state index contributed by atoms with van der Waals surface area (Å²) in [6.45, 7) is 8.82. The van der Waals surface area contributed by atoms with Gasteiger partial charge in [0.25, 0.3) is 0 Å². The van der Waals surface area contributed by atoms with Crippen molar-refractivity contribution in [3.63, 3.8) is 0 Å². The van der Waals surface area contributed by atoms with Crippen LogP contribution in [0.2, 0.25) is 0 Å². The minimum atomic E-state index is -0.207. The highest BCUT2D eigenvalue weighted by molar-refractivity contribution is 5.95. The summed E-state index contributed by atoms with van der Waals surface area (Å²) in [4.78, 5) is 16.3. The first-order valence-electron chi connectivity index (χ1n) is 6.25. The number of nitrogens with zero attached hydrogens (tertiary/aromatic N) is 1. The van der Waals surface area contributed by atoms with Crippen molar-refractivity contribution < 1.29 is 9.53 Å². The second kappa shape index (κ2) is 4.47. The molecule has 0 amide bonds. The first-order chi connectivity index (χ1) is 8.06. The van der Waals surface area contributed by atoms with Gasteiger partial charge in [-0.3, -0.25) is 4.98 Å². The highest BCUT2D eigenvalue weighted by atomic mass is 16.5. The average Bonchev–Trinajstić information content (AvgIpc) is 2.70. The summed E-state index contributed by atoms with van der Waals surface area (Å²) < 4.78 is 5.17. The number of fused-ring (bicyclic) bond motifs is 1. The highest BCUT2D eigenvalue weighted by Crippen LogP contribution is 2.33. The van der Waals surface area contributed by atoms with Gasteiger partial charge in [0.2, 0.25) is 0 Å². The van der Waals surface area contributed by atoms with E-state index in [1.807, 2.05) is 6.20 Å². The number of carbonyl (C=O) groups excluding carboxylic acids is 1. The predicted octanol–water partition coefficient (Wildman–Crippen LogP) is 3.39. The van der Waals surface area contributed by atoms with E-state index >= 15 is 0 Å². The third-order valence-corrected chi connectivity index (χ3v) is 3.49. The van der Waals surface area contributed by atoms with Gasteiger partial charge in [-0.1, -0.05) is 27.7 Å². The number of aromatic nitrogens is 1. The fourth-order valence-electron chi connectivity index (χ4n) is 2.26. The fraction of sp³-hybridized carbons (Fsp3) is 0.571. The average molecular weight is 233 g/mol. The lowest BCUT2D eigenvalue weighted by Crippen LogP contribution is -2.08. The zero-order valence-electron chi connectivity index (χ0n) is 10.9. The number of ether oxygens (including phenoxy) is 1. The normalized spacial score (nSPS) is 15.9. The molecule has 0 aliphatic carbocycles. The number of esters is 1. The second-order valence-corrected chi connectivity index (χ2v) is 4.99. The molecule has 0 saturated heterocycles. The molecule has 0 spiro atoms. The van der Waals surface area contributed by atoms with Crippen LogP contribution in [0.25, 0.3) is 0 Å². The Morgan fingerprint density at radius 1 is 1.41 bits per heavy atom. The van der Waals surface area contributed by atoms with Crippen molar-refractivity contribution in [1.29, 1.82) is 0 Å². The maximum absolute atomic E-state index is 11.8. The molecule has 0 bridgehead atoms. The van der Waals surface area contributed by atoms with Gasteiger partial charge in [0.15, 0.2) is 0 Å². The summed E-state index contributed by atoms with van der Waals surface area (Å²) in [6.07, 6.45) is 2.97. The third-order valence-electron chi connectivity index (χ3n) is 3.49. The molecular weight excluding hydrogens is 214 g/mol. The van der Waals surface area contributed by atoms with Crippen molar-refractivity contribution in [1.82, 2.24) is 4.98 Å². The van der Waals surface area contributed by atoms with E-state index in [-0.39, 0.29) is 11.9 Å². The van der Waals surface area contributed by atoms with Gasteiger partial charge in [0.05, 0.1) is 11.3 Å². The van der Waals surface area contributed by atoms with E-state index in [2.05, 4.69) is 32.7 Å². The van der Waals surface area contributed by atoms with Crippen LogP contribution in [0.1, 0.15) is 73.1 Å². The SMILES string of the molecule is CCC(C)c1cnc(C(C)C)c2c1COC2=O. The molecule has 2 heterocycles. The molecule has 2 rings (SSSR count). The molecule has 0 aromatic carbocycles. The zero-order chi connectivity index (χ0) is 12.6. The predicted molar refractivity (Wildman–Crippen MR) is 66.2 cm³/mol. The first-order valence-corrected chi connectivity index (χ1v) is 6.25. The van der Waals surface area contributed by atoms with Crippen molar-refractivity contribution in [3.05, 3.63) is 28.6 Å². The lowest BCUT2D eigenvalue weighted by molar-refractivity contribution is 0.0533. The summed E-state index contributed by atoms with van der Waals surface area (Å²) >= 11 is 0. The summed E-state index contributed by atoms with van der Waals surface area (Å²) in [6, 6.07) is 0. The van der Waals surface area contributed by atoms with Gasteiger partial charge in [-0.25, -0.2) is 4.79 Å². The Hall–Kier alpha value is -1.38. The van der Waals surface area contributed by atoms with E-state index in [9.17, 15) is 4.79 Å². The van der Waals surface area contributed by atoms with E-state index in [4.69, 9.17) is 4.74 Å². The Morgan fingerprint density at radius 3 is 2.71 bits per heavy atom. The van der Waals surface area contributed by atoms with E-state index in [1.54, 1.807) is 0 Å². The maximum atomic E-state index is 11.8. The van der Waals surface area contributed by atoms with Crippen LogP contribution < -0.4 is 0 Å². The van der Waals surface area contributed by atoms with Crippen molar-refractivity contribution in [2.75, 3.05) is 0 Å². The van der Waals surface area contributed by atoms with Crippen LogP contribution in [0.4, 0.5) is 0 Å². The van der Waals surface area contributed by atoms with Crippen LogP contribution in [0.5, 0.6) is 0 Å². The molecule has 1 aromatic heterocycles. The molecule has 0 fully saturated rings. The molecule has 1 aliphatic rings. The topological polar surface area (TPSA) is 39.2 Å². The van der Waals surface area contributed by atoms with Gasteiger partial charge >= 0.3 is 5.97 Å². The van der Waals surface area contributed by atoms with Crippen LogP contribution in [-0.2, 0) is 11.3 Å². The Labute approximate surface area is 102 Å². The molecule has 92 valence electrons. The largest absolute Gasteiger partial charge is 0.457 e. The standard InChI is InChI=1S/C14H19NO2/c1-5-9(4)10-6-15-13(8(2)3)12-11(10)7-17-14(12)16/h6,8-9H,5,7H2,1-4H3. The molecule has 1 atom stereocenters. The zero-order valence-corrected chi connectivity index (χ0v) is 10.9. The maximum Gasteiger partial charge on any atom is 0.340 e. The molecule has 0 saturated carbocycles. The van der Waals surface area contributed by atoms with Gasteiger partial charge in [-0.05, 0) is 23.8 Å². The number of rotatable bonds is 3. The Morgan fingerprint density at radius 2 is 2.12 bits per heavy atom. The van der Waals surface area contributed by atoms with Gasteiger partial charge < -0.3 is 4.74 Å². The van der Waals surface area contributed by atoms with Crippen molar-refractivity contribution >= 4 is 5.97 Å². The lowest BCUT2D eigenvalue weighted by atomic mass is 9.91. The molecule has 3 nitrogen and oxygen atoms in total. The van der Waals surface area contributed by atoms with Crippen molar-refractivity contribution in [2.45, 2.75) is 52.6 Å². The van der Waals surface area contributed by atoms with E-state index in [1.165, 1.54) is 0 Å². The number of cyclic esters (lactones) is 1. The Bertz CT molecular complexity index is 452. The molecular formula is C14H19NO2. The first kappa shape index (κ1) is 12.1. The van der Waals surface area contributed by atoms with Gasteiger partial charge in [-0.2, -0.15) is 0 Å². The summed E-state index contributed by atoms with van der Waals surface area (Å²) in [5.41, 5.74) is 3.81. The van der Waals surface area contributed by atoms with E-state index in [0.29, 0.717) is 12.5 Å². The molecule has 3 heteroatoms. The number of pyridine rings is 1. The monoisotopic (exact) mass is 233 g/mol. The molecule has 1 aliphatic heterocycles. The van der Waals surface area contributed by atoms with Crippen LogP contribution in [-0.4, -0.2) is 11.0 Å². The number of carbonyl (C=O) groups is 1. The molecule has 1 unspecified atom stereocenters. The Kier molecular flexibility index (Phi) is 3.18. The van der Waals surface area contributed by atoms with Crippen LogP contribution in [0, 0.1) is 0 Å². The summed E-state index contributed by atoms with van der Waals surface area (Å²) in [5.74, 6) is 0.466. The molecule has 17 heavy (non-hydrogen) atoms. The van der Waals surface area contributed by atoms with E-state index in [0.717, 1.165) is 28.8 Å². The van der Waals surface area contributed by atoms with Gasteiger partial charge in [-0.15, -0.1) is 0 Å². The third kappa shape index (κ3) is 1.94. The second-order valence-electron chi connectivity index (χ2n) is 4.99. The smallest absolute Gasteiger partial charge is 0.340 e. The van der Waals surface area contributed by atoms with Crippen LogP contribution in [0.15, 0.2) is 6.20 Å². The molecule has 0 N–H and O–H groups in total. The highest BCUT2D eigenvalue weighted by Gasteiger charge is 2.30. The molecule has 0 radical (unpaired) electrons. The Balaban J connectivity index is 2.59. The molecule has 1 aromatic rings. The van der Waals surface area contributed by atoms with Gasteiger partial charge in [0.1, 0.15) is 6.61 Å². The van der Waals surface area contributed by atoms with Gasteiger partial charge in [0, 0.05) is 11.8 Å². The lowest BCUT2D eigenvalue weighted by Gasteiger charge is -2.15. The van der Waals surface area contributed by atoms with Crippen LogP contribution >= 0.6 is 0 Å². The minimum absolute atomic E-state index is 0.207. The summed E-state index contributed by atoms with van der Waals surface area (Å²) in [7, 11) is 0. The van der Waals surface area contributed by atoms with Crippen molar-refractivity contribution in [3.8, 4) is 0 Å². The quantitative estimate of drug-likeness (QED) is 0.751. The number of hydrogen-bond acceptors (Lipinski definition) is 3. The summed E-state index contributed by atoms with van der Waals surface area (Å²) in [5, 5.41) is 0. The minimum Gasteiger partial charge on any atom is -0.457 e. The fourth-order valence-corrected chi connectivity index (χ4v) is 2.26. The van der Waals surface area contributed by atoms with Crippen LogP contribution in [0.3, 0.4) is 0 Å².